The second-order valence-electron chi connectivity index (χ2n) is 6.35. The Bertz CT molecular complexity index is 1210. The Labute approximate surface area is 171 Å². The van der Waals surface area contributed by atoms with Gasteiger partial charge in [-0.3, -0.25) is 15.1 Å². The molecule has 2 aromatic carbocycles. The molecule has 0 saturated carbocycles. The molecule has 0 saturated heterocycles. The summed E-state index contributed by atoms with van der Waals surface area (Å²) in [5.74, 6) is 1.52. The van der Waals surface area contributed by atoms with Gasteiger partial charge < -0.3 is 18.6 Å². The fourth-order valence-electron chi connectivity index (χ4n) is 3.23. The standard InChI is InChI=1S/C21H18N4O5/c1-28-17-10-14(11-18(29-2)20(17)30-3)19-21-23-16(12-24(21)9-8-22-19)13-4-6-15(7-5-13)25(26)27/h4-12H,1-3H3. The van der Waals surface area contributed by atoms with Crippen molar-refractivity contribution in [2.24, 2.45) is 0 Å². The summed E-state index contributed by atoms with van der Waals surface area (Å²) in [4.78, 5) is 19.7. The molecule has 0 atom stereocenters. The van der Waals surface area contributed by atoms with Crippen molar-refractivity contribution in [1.82, 2.24) is 14.4 Å². The van der Waals surface area contributed by atoms with Crippen LogP contribution >= 0.6 is 0 Å². The largest absolute Gasteiger partial charge is 0.493 e. The molecule has 0 spiro atoms. The summed E-state index contributed by atoms with van der Waals surface area (Å²) in [6, 6.07) is 9.88. The molecule has 4 rings (SSSR count). The monoisotopic (exact) mass is 406 g/mol. The Hall–Kier alpha value is -4.14. The van der Waals surface area contributed by atoms with E-state index in [0.717, 1.165) is 11.1 Å². The van der Waals surface area contributed by atoms with Crippen molar-refractivity contribution in [2.45, 2.75) is 0 Å². The van der Waals surface area contributed by atoms with Gasteiger partial charge in [-0.15, -0.1) is 0 Å². The first-order chi connectivity index (χ1) is 14.5. The minimum Gasteiger partial charge on any atom is -0.493 e. The Morgan fingerprint density at radius 2 is 1.63 bits per heavy atom. The maximum absolute atomic E-state index is 10.9. The summed E-state index contributed by atoms with van der Waals surface area (Å²) in [6.07, 6.45) is 5.31. The summed E-state index contributed by atoms with van der Waals surface area (Å²) in [5.41, 5.74) is 3.47. The minimum atomic E-state index is -0.431. The van der Waals surface area contributed by atoms with Crippen LogP contribution in [0.5, 0.6) is 17.2 Å². The molecule has 0 aliphatic rings. The van der Waals surface area contributed by atoms with Crippen LogP contribution < -0.4 is 14.2 Å². The fourth-order valence-corrected chi connectivity index (χ4v) is 3.23. The molecular weight excluding hydrogens is 388 g/mol. The first-order valence-corrected chi connectivity index (χ1v) is 8.94. The van der Waals surface area contributed by atoms with Crippen LogP contribution in [0.25, 0.3) is 28.2 Å². The van der Waals surface area contributed by atoms with Gasteiger partial charge >= 0.3 is 0 Å². The summed E-state index contributed by atoms with van der Waals surface area (Å²) in [7, 11) is 4.65. The zero-order valence-electron chi connectivity index (χ0n) is 16.5. The van der Waals surface area contributed by atoms with E-state index in [4.69, 9.17) is 19.2 Å². The summed E-state index contributed by atoms with van der Waals surface area (Å²) in [5, 5.41) is 10.9. The van der Waals surface area contributed by atoms with Gasteiger partial charge in [-0.2, -0.15) is 0 Å². The lowest BCUT2D eigenvalue weighted by atomic mass is 10.1. The number of aromatic nitrogens is 3. The average Bonchev–Trinajstić information content (AvgIpc) is 3.22. The number of fused-ring (bicyclic) bond motifs is 1. The molecule has 0 unspecified atom stereocenters. The molecule has 0 bridgehead atoms. The number of nitrogens with zero attached hydrogens (tertiary/aromatic N) is 4. The number of hydrogen-bond donors (Lipinski definition) is 0. The Balaban J connectivity index is 1.84. The van der Waals surface area contributed by atoms with Crippen LogP contribution in [0.1, 0.15) is 0 Å². The Morgan fingerprint density at radius 3 is 2.20 bits per heavy atom. The highest BCUT2D eigenvalue weighted by atomic mass is 16.6. The molecule has 0 radical (unpaired) electrons. The SMILES string of the molecule is COc1cc(-c2nccn3cc(-c4ccc([N+](=O)[O-])cc4)nc23)cc(OC)c1OC. The maximum Gasteiger partial charge on any atom is 0.269 e. The summed E-state index contributed by atoms with van der Waals surface area (Å²) >= 11 is 0. The van der Waals surface area contributed by atoms with E-state index in [-0.39, 0.29) is 5.69 Å². The molecule has 2 aromatic heterocycles. The third-order valence-corrected chi connectivity index (χ3v) is 4.69. The second-order valence-corrected chi connectivity index (χ2v) is 6.35. The van der Waals surface area contributed by atoms with Crippen LogP contribution in [0.4, 0.5) is 5.69 Å². The van der Waals surface area contributed by atoms with Crippen molar-refractivity contribution < 1.29 is 19.1 Å². The van der Waals surface area contributed by atoms with E-state index >= 15 is 0 Å². The highest BCUT2D eigenvalue weighted by molar-refractivity contribution is 5.79. The molecule has 0 aliphatic carbocycles. The number of benzene rings is 2. The highest BCUT2D eigenvalue weighted by Crippen LogP contribution is 2.41. The molecule has 0 aliphatic heterocycles. The Morgan fingerprint density at radius 1 is 0.967 bits per heavy atom. The molecule has 30 heavy (non-hydrogen) atoms. The number of rotatable bonds is 6. The van der Waals surface area contributed by atoms with Gasteiger partial charge in [-0.25, -0.2) is 4.98 Å². The number of ether oxygens (including phenoxy) is 3. The number of imidazole rings is 1. The van der Waals surface area contributed by atoms with Crippen LogP contribution in [0.3, 0.4) is 0 Å². The quantitative estimate of drug-likeness (QED) is 0.352. The van der Waals surface area contributed by atoms with E-state index in [0.29, 0.717) is 34.3 Å². The third kappa shape index (κ3) is 3.26. The van der Waals surface area contributed by atoms with Gasteiger partial charge in [0.1, 0.15) is 5.69 Å². The van der Waals surface area contributed by atoms with Crippen molar-refractivity contribution >= 4 is 11.3 Å². The zero-order valence-corrected chi connectivity index (χ0v) is 16.5. The van der Waals surface area contributed by atoms with Crippen LogP contribution in [0.15, 0.2) is 55.0 Å². The van der Waals surface area contributed by atoms with Gasteiger partial charge in [0.25, 0.3) is 5.69 Å². The molecule has 4 aromatic rings. The highest BCUT2D eigenvalue weighted by Gasteiger charge is 2.18. The smallest absolute Gasteiger partial charge is 0.269 e. The topological polar surface area (TPSA) is 101 Å². The fraction of sp³-hybridized carbons (Fsp3) is 0.143. The maximum atomic E-state index is 10.9. The Kier molecular flexibility index (Phi) is 4.93. The third-order valence-electron chi connectivity index (χ3n) is 4.69. The number of methoxy groups -OCH3 is 3. The van der Waals surface area contributed by atoms with Crippen molar-refractivity contribution in [1.29, 1.82) is 0 Å². The predicted molar refractivity (Wildman–Crippen MR) is 110 cm³/mol. The van der Waals surface area contributed by atoms with E-state index in [1.807, 2.05) is 22.7 Å². The van der Waals surface area contributed by atoms with Crippen molar-refractivity contribution in [2.75, 3.05) is 21.3 Å². The van der Waals surface area contributed by atoms with E-state index < -0.39 is 4.92 Å². The molecule has 9 heteroatoms. The lowest BCUT2D eigenvalue weighted by molar-refractivity contribution is -0.384. The molecule has 0 amide bonds. The number of nitro groups is 1. The van der Waals surface area contributed by atoms with Crippen LogP contribution in [0.2, 0.25) is 0 Å². The number of hydrogen-bond acceptors (Lipinski definition) is 7. The normalized spacial score (nSPS) is 10.8. The summed E-state index contributed by atoms with van der Waals surface area (Å²) < 4.78 is 18.1. The van der Waals surface area contributed by atoms with E-state index in [1.54, 1.807) is 45.9 Å². The van der Waals surface area contributed by atoms with Gasteiger partial charge in [0.15, 0.2) is 17.1 Å². The van der Waals surface area contributed by atoms with Crippen molar-refractivity contribution in [3.05, 3.63) is 65.1 Å². The van der Waals surface area contributed by atoms with Gasteiger partial charge in [0.2, 0.25) is 5.75 Å². The molecular formula is C21H18N4O5. The molecule has 152 valence electrons. The number of non-ortho nitro benzene ring substituents is 1. The molecule has 0 fully saturated rings. The lowest BCUT2D eigenvalue weighted by Gasteiger charge is -2.14. The first kappa shape index (κ1) is 19.2. The average molecular weight is 406 g/mol. The van der Waals surface area contributed by atoms with Gasteiger partial charge in [-0.05, 0) is 24.3 Å². The molecule has 2 heterocycles. The minimum absolute atomic E-state index is 0.0299. The van der Waals surface area contributed by atoms with Crippen molar-refractivity contribution in [3.63, 3.8) is 0 Å². The number of nitro benzene ring substituents is 1. The van der Waals surface area contributed by atoms with E-state index in [1.165, 1.54) is 12.1 Å². The summed E-state index contributed by atoms with van der Waals surface area (Å²) in [6.45, 7) is 0. The van der Waals surface area contributed by atoms with Crippen LogP contribution in [0, 0.1) is 10.1 Å². The van der Waals surface area contributed by atoms with E-state index in [9.17, 15) is 10.1 Å². The van der Waals surface area contributed by atoms with Gasteiger partial charge in [0.05, 0.1) is 31.9 Å². The van der Waals surface area contributed by atoms with Gasteiger partial charge in [0, 0.05) is 41.9 Å². The second kappa shape index (κ2) is 7.70. The van der Waals surface area contributed by atoms with Crippen LogP contribution in [-0.4, -0.2) is 40.6 Å². The molecule has 0 N–H and O–H groups in total. The van der Waals surface area contributed by atoms with Crippen LogP contribution in [-0.2, 0) is 0 Å². The van der Waals surface area contributed by atoms with Gasteiger partial charge in [-0.1, -0.05) is 0 Å². The predicted octanol–water partition coefficient (Wildman–Crippen LogP) is 4.00. The lowest BCUT2D eigenvalue weighted by Crippen LogP contribution is -1.97. The zero-order chi connectivity index (χ0) is 21.3. The first-order valence-electron chi connectivity index (χ1n) is 8.94. The van der Waals surface area contributed by atoms with Crippen molar-refractivity contribution in [3.8, 4) is 39.8 Å². The van der Waals surface area contributed by atoms with E-state index in [2.05, 4.69) is 4.98 Å². The molecule has 9 nitrogen and oxygen atoms in total.